The molecule has 2 heterocycles. The molecule has 0 atom stereocenters. The van der Waals surface area contributed by atoms with Gasteiger partial charge in [0.2, 0.25) is 0 Å². The van der Waals surface area contributed by atoms with Gasteiger partial charge in [0, 0.05) is 28.4 Å². The molecule has 0 N–H and O–H groups in total. The van der Waals surface area contributed by atoms with Gasteiger partial charge in [-0.15, -0.1) is 0 Å². The molecule has 1 aliphatic heterocycles. The number of benzene rings is 2. The van der Waals surface area contributed by atoms with E-state index in [4.69, 9.17) is 21.3 Å². The number of nitriles is 1. The van der Waals surface area contributed by atoms with Gasteiger partial charge in [-0.3, -0.25) is 4.90 Å². The third-order valence-corrected chi connectivity index (χ3v) is 4.81. The van der Waals surface area contributed by atoms with E-state index in [1.54, 1.807) is 13.3 Å². The number of hydrogen-bond donors (Lipinski definition) is 0. The highest BCUT2D eigenvalue weighted by molar-refractivity contribution is 6.30. The number of ether oxygens (including phenoxy) is 1. The number of hydrogen-bond acceptors (Lipinski definition) is 5. The van der Waals surface area contributed by atoms with Gasteiger partial charge >= 0.3 is 0 Å². The van der Waals surface area contributed by atoms with Crippen LogP contribution < -0.4 is 9.64 Å². The number of aromatic nitrogens is 1. The van der Waals surface area contributed by atoms with Crippen LogP contribution in [-0.2, 0) is 0 Å². The Labute approximate surface area is 179 Å². The van der Waals surface area contributed by atoms with Crippen LogP contribution in [0.1, 0.15) is 11.1 Å². The zero-order valence-corrected chi connectivity index (χ0v) is 16.9. The largest absolute Gasteiger partial charge is 0.497 e. The van der Waals surface area contributed by atoms with E-state index in [-0.39, 0.29) is 0 Å². The monoisotopic (exact) mass is 412 g/mol. The normalized spacial score (nSPS) is 14.7. The average Bonchev–Trinajstić information content (AvgIpc) is 2.80. The number of anilines is 1. The lowest BCUT2D eigenvalue weighted by molar-refractivity contribution is 0.415. The molecule has 0 spiro atoms. The quantitative estimate of drug-likeness (QED) is 0.534. The molecule has 0 bridgehead atoms. The third-order valence-electron chi connectivity index (χ3n) is 4.56. The molecule has 5 nitrogen and oxygen atoms in total. The molecule has 0 radical (unpaired) electrons. The topological polar surface area (TPSA) is 61.5 Å². The van der Waals surface area contributed by atoms with Gasteiger partial charge in [-0.1, -0.05) is 17.7 Å². The Bertz CT molecular complexity index is 1170. The summed E-state index contributed by atoms with van der Waals surface area (Å²) >= 11 is 6.09. The Morgan fingerprint density at radius 1 is 1.00 bits per heavy atom. The minimum atomic E-state index is 0.637. The number of aliphatic imine (C=N–C) groups is 1. The second kappa shape index (κ2) is 8.64. The summed E-state index contributed by atoms with van der Waals surface area (Å²) in [4.78, 5) is 11.3. The number of amidine groups is 1. The zero-order valence-electron chi connectivity index (χ0n) is 16.2. The number of nitrogens with zero attached hydrogens (tertiary/aromatic N) is 4. The maximum absolute atomic E-state index is 9.42. The average molecular weight is 413 g/mol. The van der Waals surface area contributed by atoms with Crippen molar-refractivity contribution in [3.05, 3.63) is 107 Å². The molecule has 3 aromatic rings. The molecule has 0 saturated carbocycles. The zero-order chi connectivity index (χ0) is 20.9. The van der Waals surface area contributed by atoms with Gasteiger partial charge in [0.05, 0.1) is 24.6 Å². The first kappa shape index (κ1) is 19.4. The standard InChI is InChI=1S/C24H17ClN4O/c1-30-21-11-7-17(8-12-21)22-16-20(13-14-26)29(23-4-2-3-15-27-23)24(28-22)18-5-9-19(25)10-6-18/h2-13,15-16H,1H3/b20-13+. The van der Waals surface area contributed by atoms with Crippen LogP contribution >= 0.6 is 11.6 Å². The molecule has 30 heavy (non-hydrogen) atoms. The Morgan fingerprint density at radius 3 is 2.37 bits per heavy atom. The molecule has 0 amide bonds. The summed E-state index contributed by atoms with van der Waals surface area (Å²) in [6, 6.07) is 22.8. The fourth-order valence-electron chi connectivity index (χ4n) is 3.12. The van der Waals surface area contributed by atoms with Gasteiger partial charge in [0.25, 0.3) is 0 Å². The van der Waals surface area contributed by atoms with Crippen LogP contribution in [0.15, 0.2) is 95.8 Å². The van der Waals surface area contributed by atoms with Gasteiger partial charge in [0.15, 0.2) is 0 Å². The fourth-order valence-corrected chi connectivity index (χ4v) is 3.25. The van der Waals surface area contributed by atoms with E-state index in [1.165, 1.54) is 6.08 Å². The van der Waals surface area contributed by atoms with Crippen molar-refractivity contribution >= 4 is 29.0 Å². The second-order valence-corrected chi connectivity index (χ2v) is 6.86. The molecule has 146 valence electrons. The van der Waals surface area contributed by atoms with Crippen LogP contribution in [0.2, 0.25) is 5.02 Å². The summed E-state index contributed by atoms with van der Waals surface area (Å²) in [7, 11) is 1.63. The molecule has 0 aliphatic carbocycles. The third kappa shape index (κ3) is 3.95. The van der Waals surface area contributed by atoms with Crippen molar-refractivity contribution in [1.29, 1.82) is 5.26 Å². The lowest BCUT2D eigenvalue weighted by Gasteiger charge is -2.30. The summed E-state index contributed by atoms with van der Waals surface area (Å²) < 4.78 is 5.25. The van der Waals surface area contributed by atoms with Gasteiger partial charge < -0.3 is 4.74 Å². The molecule has 0 unspecified atom stereocenters. The number of methoxy groups -OCH3 is 1. The van der Waals surface area contributed by atoms with E-state index in [0.717, 1.165) is 22.6 Å². The molecule has 0 fully saturated rings. The molecule has 0 saturated heterocycles. The molecular formula is C24H17ClN4O. The van der Waals surface area contributed by atoms with Crippen molar-refractivity contribution in [2.75, 3.05) is 12.0 Å². The highest BCUT2D eigenvalue weighted by atomic mass is 35.5. The molecule has 1 aliphatic rings. The van der Waals surface area contributed by atoms with Crippen LogP contribution in [-0.4, -0.2) is 17.9 Å². The van der Waals surface area contributed by atoms with Gasteiger partial charge in [-0.2, -0.15) is 5.26 Å². The van der Waals surface area contributed by atoms with Crippen molar-refractivity contribution in [2.45, 2.75) is 0 Å². The van der Waals surface area contributed by atoms with E-state index in [2.05, 4.69) is 11.1 Å². The summed E-state index contributed by atoms with van der Waals surface area (Å²) in [6.45, 7) is 0. The van der Waals surface area contributed by atoms with E-state index in [0.29, 0.717) is 22.4 Å². The van der Waals surface area contributed by atoms with E-state index in [9.17, 15) is 5.26 Å². The van der Waals surface area contributed by atoms with Crippen molar-refractivity contribution in [2.24, 2.45) is 4.99 Å². The van der Waals surface area contributed by atoms with Crippen LogP contribution in [0.5, 0.6) is 5.75 Å². The van der Waals surface area contributed by atoms with Crippen molar-refractivity contribution < 1.29 is 4.74 Å². The number of pyridine rings is 1. The molecule has 6 heteroatoms. The highest BCUT2D eigenvalue weighted by Gasteiger charge is 2.25. The first-order chi connectivity index (χ1) is 14.7. The first-order valence-electron chi connectivity index (χ1n) is 9.21. The summed E-state index contributed by atoms with van der Waals surface area (Å²) in [5, 5.41) is 10.1. The van der Waals surface area contributed by atoms with Crippen molar-refractivity contribution in [3.63, 3.8) is 0 Å². The number of allylic oxidation sites excluding steroid dienone is 2. The Morgan fingerprint density at radius 2 is 1.73 bits per heavy atom. The van der Waals surface area contributed by atoms with Crippen LogP contribution in [0.3, 0.4) is 0 Å². The minimum Gasteiger partial charge on any atom is -0.497 e. The van der Waals surface area contributed by atoms with E-state index >= 15 is 0 Å². The minimum absolute atomic E-state index is 0.637. The van der Waals surface area contributed by atoms with Crippen LogP contribution in [0.25, 0.3) is 5.70 Å². The van der Waals surface area contributed by atoms with E-state index in [1.807, 2.05) is 77.7 Å². The van der Waals surface area contributed by atoms with E-state index < -0.39 is 0 Å². The summed E-state index contributed by atoms with van der Waals surface area (Å²) in [5.74, 6) is 2.08. The molecular weight excluding hydrogens is 396 g/mol. The van der Waals surface area contributed by atoms with Crippen molar-refractivity contribution in [1.82, 2.24) is 4.98 Å². The highest BCUT2D eigenvalue weighted by Crippen LogP contribution is 2.31. The van der Waals surface area contributed by atoms with Crippen LogP contribution in [0.4, 0.5) is 5.82 Å². The summed E-state index contributed by atoms with van der Waals surface area (Å²) in [5.41, 5.74) is 3.16. The molecule has 4 rings (SSSR count). The first-order valence-corrected chi connectivity index (χ1v) is 9.59. The lowest BCUT2D eigenvalue weighted by atomic mass is 10.1. The number of halogens is 1. The maximum Gasteiger partial charge on any atom is 0.146 e. The predicted molar refractivity (Wildman–Crippen MR) is 119 cm³/mol. The molecule has 2 aromatic carbocycles. The lowest BCUT2D eigenvalue weighted by Crippen LogP contribution is -2.33. The number of rotatable bonds is 4. The maximum atomic E-state index is 9.42. The smallest absolute Gasteiger partial charge is 0.146 e. The second-order valence-electron chi connectivity index (χ2n) is 6.42. The SMILES string of the molecule is COc1ccc(C2=C/C(=C\C#N)N(c3ccccn3)C(c3ccc(Cl)cc3)=N2)cc1. The Kier molecular flexibility index (Phi) is 5.60. The summed E-state index contributed by atoms with van der Waals surface area (Å²) in [6.07, 6.45) is 5.07. The van der Waals surface area contributed by atoms with Gasteiger partial charge in [0.1, 0.15) is 17.4 Å². The predicted octanol–water partition coefficient (Wildman–Crippen LogP) is 5.46. The fraction of sp³-hybridized carbons (Fsp3) is 0.0417. The Hall–Kier alpha value is -3.88. The Balaban J connectivity index is 1.89. The van der Waals surface area contributed by atoms with Crippen LogP contribution in [0, 0.1) is 11.3 Å². The van der Waals surface area contributed by atoms with Gasteiger partial charge in [-0.05, 0) is 66.7 Å². The van der Waals surface area contributed by atoms with Crippen molar-refractivity contribution in [3.8, 4) is 11.8 Å². The molecule has 1 aromatic heterocycles. The van der Waals surface area contributed by atoms with Gasteiger partial charge in [-0.25, -0.2) is 9.98 Å².